The zero-order valence-corrected chi connectivity index (χ0v) is 18.0. The first kappa shape index (κ1) is 21.4. The lowest BCUT2D eigenvalue weighted by Gasteiger charge is -2.27. The highest BCUT2D eigenvalue weighted by Crippen LogP contribution is 2.17. The number of nitrogens with zero attached hydrogens (tertiary/aromatic N) is 2. The maximum absolute atomic E-state index is 12.5. The molecule has 2 aromatic rings. The van der Waals surface area contributed by atoms with E-state index in [9.17, 15) is 13.2 Å². The molecule has 0 aromatic heterocycles. The van der Waals surface area contributed by atoms with E-state index in [1.54, 1.807) is 12.1 Å². The molecule has 27 heavy (non-hydrogen) atoms. The first-order chi connectivity index (χ1) is 12.7. The Morgan fingerprint density at radius 3 is 2.26 bits per heavy atom. The number of nitrogens with one attached hydrogen (secondary N) is 1. The molecule has 1 amide bonds. The van der Waals surface area contributed by atoms with Crippen molar-refractivity contribution in [1.29, 1.82) is 0 Å². The van der Waals surface area contributed by atoms with E-state index in [1.165, 1.54) is 19.2 Å². The molecule has 1 atom stereocenters. The fourth-order valence-electron chi connectivity index (χ4n) is 2.45. The Hall–Kier alpha value is -1.90. The molecule has 0 bridgehead atoms. The second-order valence-corrected chi connectivity index (χ2v) is 9.28. The molecule has 8 heteroatoms. The fraction of sp³-hybridized carbons (Fsp3) is 0.316. The Balaban J connectivity index is 1.90. The number of halogens is 1. The molecule has 0 aliphatic carbocycles. The number of anilines is 1. The number of para-hydroxylation sites is 1. The number of sulfonamides is 1. The van der Waals surface area contributed by atoms with Crippen molar-refractivity contribution in [3.63, 3.8) is 0 Å². The van der Waals surface area contributed by atoms with Crippen molar-refractivity contribution in [1.82, 2.24) is 9.62 Å². The van der Waals surface area contributed by atoms with Gasteiger partial charge >= 0.3 is 0 Å². The second-order valence-electron chi connectivity index (χ2n) is 6.31. The van der Waals surface area contributed by atoms with Gasteiger partial charge < -0.3 is 10.2 Å². The van der Waals surface area contributed by atoms with E-state index in [0.717, 1.165) is 14.5 Å². The predicted octanol–water partition coefficient (Wildman–Crippen LogP) is 2.71. The Morgan fingerprint density at radius 2 is 1.67 bits per heavy atom. The Labute approximate surface area is 169 Å². The van der Waals surface area contributed by atoms with Crippen LogP contribution in [0.15, 0.2) is 64.0 Å². The van der Waals surface area contributed by atoms with Gasteiger partial charge in [-0.05, 0) is 43.3 Å². The number of hydrogen-bond donors (Lipinski definition) is 1. The first-order valence-electron chi connectivity index (χ1n) is 8.48. The quantitative estimate of drug-likeness (QED) is 0.666. The molecule has 1 N–H and O–H groups in total. The smallest absolute Gasteiger partial charge is 0.243 e. The van der Waals surface area contributed by atoms with E-state index in [0.29, 0.717) is 6.54 Å². The lowest BCUT2D eigenvalue weighted by atomic mass is 10.2. The molecule has 1 unspecified atom stereocenters. The van der Waals surface area contributed by atoms with Crippen molar-refractivity contribution in [2.45, 2.75) is 17.9 Å². The van der Waals surface area contributed by atoms with Crippen molar-refractivity contribution in [2.75, 3.05) is 32.1 Å². The van der Waals surface area contributed by atoms with Crippen LogP contribution in [0.4, 0.5) is 5.69 Å². The van der Waals surface area contributed by atoms with E-state index in [1.807, 2.05) is 44.3 Å². The summed E-state index contributed by atoms with van der Waals surface area (Å²) in [7, 11) is -0.354. The number of likely N-dealkylation sites (N-methyl/N-ethyl adjacent to an activating group) is 2. The minimum atomic E-state index is -3.71. The molecular formula is C19H24BrN3O3S. The van der Waals surface area contributed by atoms with E-state index in [-0.39, 0.29) is 23.4 Å². The Morgan fingerprint density at radius 1 is 1.07 bits per heavy atom. The zero-order valence-electron chi connectivity index (χ0n) is 15.6. The molecule has 0 saturated carbocycles. The third kappa shape index (κ3) is 5.79. The zero-order chi connectivity index (χ0) is 20.0. The Kier molecular flexibility index (Phi) is 7.41. The van der Waals surface area contributed by atoms with Gasteiger partial charge in [-0.2, -0.15) is 4.31 Å². The fourth-order valence-corrected chi connectivity index (χ4v) is 3.84. The third-order valence-corrected chi connectivity index (χ3v) is 6.65. The number of carbonyl (C=O) groups excluding carboxylic acids is 1. The topological polar surface area (TPSA) is 69.7 Å². The maximum Gasteiger partial charge on any atom is 0.243 e. The Bertz CT molecular complexity index is 858. The molecule has 0 radical (unpaired) electrons. The summed E-state index contributed by atoms with van der Waals surface area (Å²) in [6.07, 6.45) is 0. The normalized spacial score (nSPS) is 12.6. The van der Waals surface area contributed by atoms with Crippen LogP contribution in [-0.2, 0) is 14.8 Å². The van der Waals surface area contributed by atoms with Crippen molar-refractivity contribution in [2.24, 2.45) is 0 Å². The van der Waals surface area contributed by atoms with Gasteiger partial charge in [-0.1, -0.05) is 34.1 Å². The second kappa shape index (κ2) is 9.34. The number of carbonyl (C=O) groups is 1. The summed E-state index contributed by atoms with van der Waals surface area (Å²) in [5.74, 6) is -0.341. The van der Waals surface area contributed by atoms with Crippen molar-refractivity contribution in [3.05, 3.63) is 59.1 Å². The van der Waals surface area contributed by atoms with Crippen LogP contribution in [0.2, 0.25) is 0 Å². The molecule has 0 aliphatic rings. The highest BCUT2D eigenvalue weighted by Gasteiger charge is 2.23. The van der Waals surface area contributed by atoms with E-state index in [4.69, 9.17) is 0 Å². The van der Waals surface area contributed by atoms with Gasteiger partial charge in [0.1, 0.15) is 0 Å². The lowest BCUT2D eigenvalue weighted by molar-refractivity contribution is -0.121. The lowest BCUT2D eigenvalue weighted by Crippen LogP contribution is -2.44. The van der Waals surface area contributed by atoms with Crippen LogP contribution >= 0.6 is 15.9 Å². The summed E-state index contributed by atoms with van der Waals surface area (Å²) in [6, 6.07) is 16.2. The molecule has 0 saturated heterocycles. The van der Waals surface area contributed by atoms with Crippen molar-refractivity contribution < 1.29 is 13.2 Å². The molecule has 6 nitrogen and oxygen atoms in total. The van der Waals surface area contributed by atoms with Gasteiger partial charge in [0.05, 0.1) is 11.4 Å². The monoisotopic (exact) mass is 453 g/mol. The predicted molar refractivity (Wildman–Crippen MR) is 111 cm³/mol. The highest BCUT2D eigenvalue weighted by atomic mass is 79.9. The van der Waals surface area contributed by atoms with Crippen LogP contribution in [-0.4, -0.2) is 51.9 Å². The minimum absolute atomic E-state index is 0.0599. The highest BCUT2D eigenvalue weighted by molar-refractivity contribution is 9.10. The van der Waals surface area contributed by atoms with Crippen molar-refractivity contribution >= 4 is 37.5 Å². The minimum Gasteiger partial charge on any atom is -0.370 e. The summed E-state index contributed by atoms with van der Waals surface area (Å²) in [4.78, 5) is 14.4. The molecule has 0 aliphatic heterocycles. The van der Waals surface area contributed by atoms with Crippen LogP contribution in [0, 0.1) is 0 Å². The van der Waals surface area contributed by atoms with E-state index in [2.05, 4.69) is 26.1 Å². The van der Waals surface area contributed by atoms with Crippen LogP contribution in [0.3, 0.4) is 0 Å². The number of rotatable bonds is 8. The van der Waals surface area contributed by atoms with Crippen LogP contribution in [0.5, 0.6) is 0 Å². The van der Waals surface area contributed by atoms with Crippen molar-refractivity contribution in [3.8, 4) is 0 Å². The SMILES string of the molecule is CC(CNC(=O)CN(C)S(=O)(=O)c1ccc(Br)cc1)N(C)c1ccccc1. The summed E-state index contributed by atoms with van der Waals surface area (Å²) in [5, 5.41) is 2.80. The largest absolute Gasteiger partial charge is 0.370 e. The van der Waals surface area contributed by atoms with Gasteiger partial charge in [0.25, 0.3) is 0 Å². The third-order valence-electron chi connectivity index (χ3n) is 4.31. The molecule has 0 spiro atoms. The number of hydrogen-bond acceptors (Lipinski definition) is 4. The van der Waals surface area contributed by atoms with Gasteiger partial charge in [-0.25, -0.2) is 8.42 Å². The first-order valence-corrected chi connectivity index (χ1v) is 10.7. The number of amides is 1. The summed E-state index contributed by atoms with van der Waals surface area (Å²) >= 11 is 3.28. The van der Waals surface area contributed by atoms with Crippen LogP contribution in [0.1, 0.15) is 6.92 Å². The van der Waals surface area contributed by atoms with Crippen LogP contribution < -0.4 is 10.2 Å². The van der Waals surface area contributed by atoms with E-state index < -0.39 is 10.0 Å². The molecule has 0 fully saturated rings. The van der Waals surface area contributed by atoms with Crippen LogP contribution in [0.25, 0.3) is 0 Å². The molecular weight excluding hydrogens is 430 g/mol. The molecule has 146 valence electrons. The van der Waals surface area contributed by atoms with Gasteiger partial charge in [0, 0.05) is 36.8 Å². The van der Waals surface area contributed by atoms with E-state index >= 15 is 0 Å². The van der Waals surface area contributed by atoms with Gasteiger partial charge in [-0.15, -0.1) is 0 Å². The summed E-state index contributed by atoms with van der Waals surface area (Å²) in [5.41, 5.74) is 1.05. The molecule has 2 aromatic carbocycles. The molecule has 2 rings (SSSR count). The van der Waals surface area contributed by atoms with Gasteiger partial charge in [0.15, 0.2) is 0 Å². The summed E-state index contributed by atoms with van der Waals surface area (Å²) < 4.78 is 26.9. The van der Waals surface area contributed by atoms with Gasteiger partial charge in [0.2, 0.25) is 15.9 Å². The average Bonchev–Trinajstić information content (AvgIpc) is 2.66. The molecule has 0 heterocycles. The summed E-state index contributed by atoms with van der Waals surface area (Å²) in [6.45, 7) is 2.17. The van der Waals surface area contributed by atoms with Gasteiger partial charge in [-0.3, -0.25) is 4.79 Å². The number of benzene rings is 2. The standard InChI is InChI=1S/C19H24BrN3O3S/c1-15(23(3)17-7-5-4-6-8-17)13-21-19(24)14-22(2)27(25,26)18-11-9-16(20)10-12-18/h4-12,15H,13-14H2,1-3H3,(H,21,24). The maximum atomic E-state index is 12.5. The average molecular weight is 454 g/mol.